The highest BCUT2D eigenvalue weighted by molar-refractivity contribution is 8.00. The van der Waals surface area contributed by atoms with E-state index in [1.165, 1.54) is 17.3 Å². The van der Waals surface area contributed by atoms with Crippen LogP contribution in [-0.2, 0) is 11.2 Å². The number of tetrazole rings is 1. The summed E-state index contributed by atoms with van der Waals surface area (Å²) in [6.07, 6.45) is 0.886. The van der Waals surface area contributed by atoms with Crippen LogP contribution in [0.2, 0.25) is 0 Å². The van der Waals surface area contributed by atoms with Crippen LogP contribution >= 0.6 is 11.8 Å². The van der Waals surface area contributed by atoms with Gasteiger partial charge in [0.05, 0.1) is 12.4 Å². The first kappa shape index (κ1) is 18.5. The normalized spacial score (nSPS) is 14.0. The molecule has 0 spiro atoms. The molecule has 2 heterocycles. The summed E-state index contributed by atoms with van der Waals surface area (Å²) in [5, 5.41) is 12.3. The van der Waals surface area contributed by atoms with Gasteiger partial charge in [-0.15, -0.1) is 5.10 Å². The lowest BCUT2D eigenvalue weighted by molar-refractivity contribution is -0.117. The van der Waals surface area contributed by atoms with Crippen molar-refractivity contribution in [1.82, 2.24) is 20.2 Å². The number of carbonyl (C=O) groups excluding carboxylic acids is 1. The molecule has 1 aromatic heterocycles. The molecule has 1 aliphatic heterocycles. The average molecular weight is 395 g/mol. The number of aryl methyl sites for hydroxylation is 1. The Balaban J connectivity index is 1.57. The Bertz CT molecular complexity index is 1020. The molecule has 4 rings (SSSR count). The number of benzene rings is 2. The SMILES string of the molecule is COc1ccc(C)cc1-n1nnnc1S[C@H](C)C(=O)N1CCc2ccccc21. The van der Waals surface area contributed by atoms with E-state index in [-0.39, 0.29) is 11.2 Å². The summed E-state index contributed by atoms with van der Waals surface area (Å²) >= 11 is 1.35. The van der Waals surface area contributed by atoms with Gasteiger partial charge in [-0.25, -0.2) is 0 Å². The van der Waals surface area contributed by atoms with Crippen molar-refractivity contribution in [3.05, 3.63) is 53.6 Å². The average Bonchev–Trinajstić information content (AvgIpc) is 3.34. The molecule has 3 aromatic rings. The molecule has 0 unspecified atom stereocenters. The number of hydrogen-bond donors (Lipinski definition) is 0. The zero-order valence-corrected chi connectivity index (χ0v) is 16.8. The lowest BCUT2D eigenvalue weighted by atomic mass is 10.2. The summed E-state index contributed by atoms with van der Waals surface area (Å²) in [5.41, 5.74) is 4.03. The first-order chi connectivity index (χ1) is 13.6. The fourth-order valence-corrected chi connectivity index (χ4v) is 4.23. The zero-order valence-electron chi connectivity index (χ0n) is 16.0. The summed E-state index contributed by atoms with van der Waals surface area (Å²) in [7, 11) is 1.61. The summed E-state index contributed by atoms with van der Waals surface area (Å²) < 4.78 is 7.07. The number of carbonyl (C=O) groups is 1. The maximum absolute atomic E-state index is 13.1. The van der Waals surface area contributed by atoms with E-state index in [1.54, 1.807) is 11.8 Å². The van der Waals surface area contributed by atoms with Gasteiger partial charge in [-0.3, -0.25) is 4.79 Å². The number of rotatable bonds is 5. The highest BCUT2D eigenvalue weighted by Crippen LogP contribution is 2.32. The van der Waals surface area contributed by atoms with Gasteiger partial charge in [0.1, 0.15) is 11.4 Å². The number of methoxy groups -OCH3 is 1. The Morgan fingerprint density at radius 3 is 2.86 bits per heavy atom. The van der Waals surface area contributed by atoms with Gasteiger partial charge < -0.3 is 9.64 Å². The van der Waals surface area contributed by atoms with E-state index < -0.39 is 0 Å². The van der Waals surface area contributed by atoms with Crippen molar-refractivity contribution in [3.8, 4) is 11.4 Å². The molecule has 2 aromatic carbocycles. The third kappa shape index (κ3) is 3.35. The zero-order chi connectivity index (χ0) is 19.7. The van der Waals surface area contributed by atoms with Gasteiger partial charge in [-0.2, -0.15) is 4.68 Å². The molecule has 0 N–H and O–H groups in total. The smallest absolute Gasteiger partial charge is 0.240 e. The summed E-state index contributed by atoms with van der Waals surface area (Å²) in [5.74, 6) is 0.730. The molecule has 7 nitrogen and oxygen atoms in total. The van der Waals surface area contributed by atoms with Crippen LogP contribution in [0.3, 0.4) is 0 Å². The molecule has 0 saturated carbocycles. The second kappa shape index (κ2) is 7.63. The van der Waals surface area contributed by atoms with Crippen molar-refractivity contribution in [3.63, 3.8) is 0 Å². The third-order valence-electron chi connectivity index (χ3n) is 4.79. The first-order valence-electron chi connectivity index (χ1n) is 9.08. The topological polar surface area (TPSA) is 73.1 Å². The number of hydrogen-bond acceptors (Lipinski definition) is 6. The van der Waals surface area contributed by atoms with E-state index in [2.05, 4.69) is 21.6 Å². The Morgan fingerprint density at radius 2 is 2.04 bits per heavy atom. The Kier molecular flexibility index (Phi) is 5.04. The molecule has 0 bridgehead atoms. The molecule has 1 atom stereocenters. The second-order valence-corrected chi connectivity index (χ2v) is 7.99. The van der Waals surface area contributed by atoms with Gasteiger partial charge in [0.2, 0.25) is 11.1 Å². The van der Waals surface area contributed by atoms with E-state index in [0.29, 0.717) is 17.5 Å². The van der Waals surface area contributed by atoms with Crippen LogP contribution in [0.15, 0.2) is 47.6 Å². The standard InChI is InChI=1S/C20H21N5O2S/c1-13-8-9-18(27-3)17(12-13)25-20(21-22-23-25)28-14(2)19(26)24-11-10-15-6-4-5-7-16(15)24/h4-9,12,14H,10-11H2,1-3H3/t14-/m1/s1. The van der Waals surface area contributed by atoms with Crippen molar-refractivity contribution in [2.75, 3.05) is 18.6 Å². The predicted molar refractivity (Wildman–Crippen MR) is 108 cm³/mol. The molecule has 28 heavy (non-hydrogen) atoms. The largest absolute Gasteiger partial charge is 0.494 e. The molecule has 1 aliphatic rings. The predicted octanol–water partition coefficient (Wildman–Crippen LogP) is 3.05. The highest BCUT2D eigenvalue weighted by atomic mass is 32.2. The van der Waals surface area contributed by atoms with Crippen LogP contribution in [0.4, 0.5) is 5.69 Å². The van der Waals surface area contributed by atoms with Crippen LogP contribution in [0, 0.1) is 6.92 Å². The first-order valence-corrected chi connectivity index (χ1v) is 9.96. The quantitative estimate of drug-likeness (QED) is 0.618. The van der Waals surface area contributed by atoms with Crippen molar-refractivity contribution < 1.29 is 9.53 Å². The number of thioether (sulfide) groups is 1. The molecule has 0 saturated heterocycles. The van der Waals surface area contributed by atoms with E-state index >= 15 is 0 Å². The number of anilines is 1. The van der Waals surface area contributed by atoms with Gasteiger partial charge in [-0.1, -0.05) is 36.0 Å². The van der Waals surface area contributed by atoms with Gasteiger partial charge in [-0.05, 0) is 60.0 Å². The Morgan fingerprint density at radius 1 is 1.21 bits per heavy atom. The number of fused-ring (bicyclic) bond motifs is 1. The molecular weight excluding hydrogens is 374 g/mol. The maximum Gasteiger partial charge on any atom is 0.240 e. The van der Waals surface area contributed by atoms with Gasteiger partial charge in [0.15, 0.2) is 0 Å². The highest BCUT2D eigenvalue weighted by Gasteiger charge is 2.29. The van der Waals surface area contributed by atoms with Crippen LogP contribution in [-0.4, -0.2) is 45.0 Å². The van der Waals surface area contributed by atoms with Crippen LogP contribution in [0.5, 0.6) is 5.75 Å². The molecule has 1 amide bonds. The minimum Gasteiger partial charge on any atom is -0.494 e. The van der Waals surface area contributed by atoms with Gasteiger partial charge >= 0.3 is 0 Å². The molecule has 144 valence electrons. The van der Waals surface area contributed by atoms with Crippen molar-refractivity contribution in [1.29, 1.82) is 0 Å². The minimum atomic E-state index is -0.327. The van der Waals surface area contributed by atoms with E-state index in [1.807, 2.05) is 55.1 Å². The lowest BCUT2D eigenvalue weighted by Gasteiger charge is -2.21. The van der Waals surface area contributed by atoms with Gasteiger partial charge in [0.25, 0.3) is 0 Å². The Hall–Kier alpha value is -2.87. The minimum absolute atomic E-state index is 0.0562. The molecule has 0 fully saturated rings. The number of nitrogens with zero attached hydrogens (tertiary/aromatic N) is 5. The Labute approximate surface area is 167 Å². The number of amides is 1. The second-order valence-electron chi connectivity index (χ2n) is 6.68. The van der Waals surface area contributed by atoms with Gasteiger partial charge in [0, 0.05) is 12.2 Å². The molecular formula is C20H21N5O2S. The maximum atomic E-state index is 13.1. The van der Waals surface area contributed by atoms with Crippen molar-refractivity contribution >= 4 is 23.4 Å². The fourth-order valence-electron chi connectivity index (χ4n) is 3.36. The molecule has 8 heteroatoms. The van der Waals surface area contributed by atoms with E-state index in [9.17, 15) is 4.79 Å². The van der Waals surface area contributed by atoms with Crippen molar-refractivity contribution in [2.24, 2.45) is 0 Å². The third-order valence-corrected chi connectivity index (χ3v) is 5.81. The number of aromatic nitrogens is 4. The monoisotopic (exact) mass is 395 g/mol. The molecule has 0 radical (unpaired) electrons. The summed E-state index contributed by atoms with van der Waals surface area (Å²) in [6.45, 7) is 4.59. The summed E-state index contributed by atoms with van der Waals surface area (Å²) in [6, 6.07) is 13.9. The van der Waals surface area contributed by atoms with E-state index in [4.69, 9.17) is 4.74 Å². The number of para-hydroxylation sites is 1. The van der Waals surface area contributed by atoms with E-state index in [0.717, 1.165) is 23.4 Å². The van der Waals surface area contributed by atoms with Crippen LogP contribution in [0.25, 0.3) is 5.69 Å². The number of ether oxygens (including phenoxy) is 1. The van der Waals surface area contributed by atoms with Crippen LogP contribution < -0.4 is 9.64 Å². The van der Waals surface area contributed by atoms with Crippen molar-refractivity contribution in [2.45, 2.75) is 30.7 Å². The van der Waals surface area contributed by atoms with Crippen LogP contribution in [0.1, 0.15) is 18.1 Å². The summed E-state index contributed by atoms with van der Waals surface area (Å²) in [4.78, 5) is 14.9. The molecule has 0 aliphatic carbocycles. The lowest BCUT2D eigenvalue weighted by Crippen LogP contribution is -2.35. The fraction of sp³-hybridized carbons (Fsp3) is 0.300.